The summed E-state index contributed by atoms with van der Waals surface area (Å²) in [6.07, 6.45) is 1.67. The highest BCUT2D eigenvalue weighted by atomic mass is 16.3. The number of aliphatic hydroxyl groups is 1. The molecule has 2 aromatic rings. The van der Waals surface area contributed by atoms with E-state index in [1.54, 1.807) is 0 Å². The fourth-order valence-corrected chi connectivity index (χ4v) is 3.18. The average Bonchev–Trinajstić information content (AvgIpc) is 2.93. The number of nitrogens with zero attached hydrogens (tertiary/aromatic N) is 2. The smallest absolute Gasteiger partial charge is 0.193 e. The van der Waals surface area contributed by atoms with Crippen molar-refractivity contribution in [1.82, 2.24) is 10.2 Å². The van der Waals surface area contributed by atoms with Crippen LogP contribution in [0.4, 0.5) is 0 Å². The van der Waals surface area contributed by atoms with E-state index in [0.29, 0.717) is 13.1 Å². The highest BCUT2D eigenvalue weighted by Crippen LogP contribution is 2.36. The summed E-state index contributed by atoms with van der Waals surface area (Å²) in [4.78, 5) is 6.61. The summed E-state index contributed by atoms with van der Waals surface area (Å²) in [5.74, 6) is 0.789. The van der Waals surface area contributed by atoms with Gasteiger partial charge in [0.1, 0.15) is 5.60 Å². The molecule has 0 fully saturated rings. The summed E-state index contributed by atoms with van der Waals surface area (Å²) in [6, 6.07) is 18.3. The van der Waals surface area contributed by atoms with Crippen molar-refractivity contribution < 1.29 is 5.11 Å². The molecule has 0 aromatic heterocycles. The Morgan fingerprint density at radius 1 is 1.12 bits per heavy atom. The molecule has 4 nitrogen and oxygen atoms in total. The molecule has 0 spiro atoms. The minimum absolute atomic E-state index is 0.468. The first-order valence-corrected chi connectivity index (χ1v) is 8.39. The van der Waals surface area contributed by atoms with Gasteiger partial charge in [0.15, 0.2) is 5.96 Å². The van der Waals surface area contributed by atoms with Gasteiger partial charge in [0.2, 0.25) is 0 Å². The predicted octanol–water partition coefficient (Wildman–Crippen LogP) is 2.53. The zero-order valence-electron chi connectivity index (χ0n) is 14.4. The highest BCUT2D eigenvalue weighted by Gasteiger charge is 2.36. The number of guanidine groups is 1. The number of benzene rings is 2. The molecule has 126 valence electrons. The molecule has 0 bridgehead atoms. The molecule has 4 heteroatoms. The Kier molecular flexibility index (Phi) is 4.86. The van der Waals surface area contributed by atoms with Crippen LogP contribution in [0.15, 0.2) is 59.6 Å². The van der Waals surface area contributed by atoms with Gasteiger partial charge in [0.05, 0.1) is 13.1 Å². The number of hydrogen-bond donors (Lipinski definition) is 2. The van der Waals surface area contributed by atoms with Crippen molar-refractivity contribution in [3.05, 3.63) is 71.3 Å². The molecular formula is C20H25N3O. The fourth-order valence-electron chi connectivity index (χ4n) is 3.18. The van der Waals surface area contributed by atoms with Crippen molar-refractivity contribution in [1.29, 1.82) is 0 Å². The van der Waals surface area contributed by atoms with Gasteiger partial charge in [-0.2, -0.15) is 0 Å². The summed E-state index contributed by atoms with van der Waals surface area (Å²) in [5, 5.41) is 14.4. The molecule has 2 aromatic carbocycles. The molecule has 0 saturated carbocycles. The zero-order chi connectivity index (χ0) is 17.0. The Bertz CT molecular complexity index is 712. The van der Waals surface area contributed by atoms with Crippen LogP contribution in [0, 0.1) is 0 Å². The lowest BCUT2D eigenvalue weighted by atomic mass is 9.96. The number of aliphatic imine (C=N–C) groups is 1. The predicted molar refractivity (Wildman–Crippen MR) is 97.9 cm³/mol. The fraction of sp³-hybridized carbons (Fsp3) is 0.350. The quantitative estimate of drug-likeness (QED) is 0.671. The van der Waals surface area contributed by atoms with E-state index < -0.39 is 5.60 Å². The Hall–Kier alpha value is -2.33. The molecule has 0 radical (unpaired) electrons. The molecule has 3 rings (SSSR count). The molecule has 1 aliphatic rings. The van der Waals surface area contributed by atoms with Crippen molar-refractivity contribution in [2.75, 3.05) is 20.6 Å². The van der Waals surface area contributed by atoms with Crippen LogP contribution in [-0.2, 0) is 18.6 Å². The lowest BCUT2D eigenvalue weighted by molar-refractivity contribution is 0.0428. The highest BCUT2D eigenvalue weighted by molar-refractivity contribution is 5.79. The van der Waals surface area contributed by atoms with Crippen LogP contribution in [0.1, 0.15) is 23.1 Å². The molecule has 0 aliphatic heterocycles. The van der Waals surface area contributed by atoms with Crippen LogP contribution < -0.4 is 5.32 Å². The Morgan fingerprint density at radius 2 is 1.83 bits per heavy atom. The third-order valence-corrected chi connectivity index (χ3v) is 4.54. The number of aryl methyl sites for hydroxylation is 1. The van der Waals surface area contributed by atoms with E-state index in [1.165, 1.54) is 11.1 Å². The minimum atomic E-state index is -0.819. The Labute approximate surface area is 143 Å². The second-order valence-electron chi connectivity index (χ2n) is 6.56. The van der Waals surface area contributed by atoms with E-state index in [1.807, 2.05) is 55.4 Å². The summed E-state index contributed by atoms with van der Waals surface area (Å²) in [5.41, 5.74) is 2.64. The van der Waals surface area contributed by atoms with Gasteiger partial charge in [-0.15, -0.1) is 0 Å². The van der Waals surface area contributed by atoms with Crippen LogP contribution in [0.5, 0.6) is 0 Å². The van der Waals surface area contributed by atoms with Crippen molar-refractivity contribution in [2.45, 2.75) is 25.0 Å². The lowest BCUT2D eigenvalue weighted by Crippen LogP contribution is -2.44. The van der Waals surface area contributed by atoms with Crippen LogP contribution in [0.25, 0.3) is 0 Å². The summed E-state index contributed by atoms with van der Waals surface area (Å²) in [6.45, 7) is 1.09. The molecule has 0 amide bonds. The van der Waals surface area contributed by atoms with Gasteiger partial charge in [-0.25, -0.2) is 4.99 Å². The topological polar surface area (TPSA) is 47.9 Å². The summed E-state index contributed by atoms with van der Waals surface area (Å²) in [7, 11) is 3.92. The van der Waals surface area contributed by atoms with E-state index >= 15 is 0 Å². The Morgan fingerprint density at radius 3 is 2.58 bits per heavy atom. The minimum Gasteiger partial charge on any atom is -0.383 e. The molecule has 1 aliphatic carbocycles. The summed E-state index contributed by atoms with van der Waals surface area (Å²) < 4.78 is 0. The molecule has 0 saturated heterocycles. The van der Waals surface area contributed by atoms with Gasteiger partial charge in [-0.1, -0.05) is 54.6 Å². The number of nitrogens with one attached hydrogen (secondary N) is 1. The molecule has 1 atom stereocenters. The molecular weight excluding hydrogens is 298 g/mol. The van der Waals surface area contributed by atoms with Crippen molar-refractivity contribution in [3.63, 3.8) is 0 Å². The third kappa shape index (κ3) is 3.60. The van der Waals surface area contributed by atoms with E-state index in [9.17, 15) is 5.11 Å². The standard InChI is InChI=1S/C20H25N3O/c1-23(2)19(21-14-16-8-4-3-5-9-16)22-15-20(24)13-12-17-10-6-7-11-18(17)20/h3-11,24H,12-15H2,1-2H3,(H,21,22). The summed E-state index contributed by atoms with van der Waals surface area (Å²) >= 11 is 0. The normalized spacial score (nSPS) is 19.9. The maximum Gasteiger partial charge on any atom is 0.193 e. The van der Waals surface area contributed by atoms with Crippen molar-refractivity contribution in [3.8, 4) is 0 Å². The van der Waals surface area contributed by atoms with E-state index in [2.05, 4.69) is 28.5 Å². The maximum atomic E-state index is 11.0. The Balaban J connectivity index is 1.69. The van der Waals surface area contributed by atoms with Gasteiger partial charge >= 0.3 is 0 Å². The van der Waals surface area contributed by atoms with Gasteiger partial charge in [0, 0.05) is 14.1 Å². The second kappa shape index (κ2) is 7.05. The SMILES string of the molecule is CN(C)C(=NCc1ccccc1)NCC1(O)CCc2ccccc21. The second-order valence-corrected chi connectivity index (χ2v) is 6.56. The van der Waals surface area contributed by atoms with Gasteiger partial charge in [0.25, 0.3) is 0 Å². The van der Waals surface area contributed by atoms with Crippen molar-refractivity contribution >= 4 is 5.96 Å². The molecule has 1 unspecified atom stereocenters. The monoisotopic (exact) mass is 323 g/mol. The molecule has 2 N–H and O–H groups in total. The number of rotatable bonds is 4. The first-order valence-electron chi connectivity index (χ1n) is 8.39. The van der Waals surface area contributed by atoms with Crippen LogP contribution in [0.2, 0.25) is 0 Å². The van der Waals surface area contributed by atoms with Crippen LogP contribution in [-0.4, -0.2) is 36.6 Å². The largest absolute Gasteiger partial charge is 0.383 e. The van der Waals surface area contributed by atoms with Gasteiger partial charge in [-0.05, 0) is 29.5 Å². The van der Waals surface area contributed by atoms with Crippen LogP contribution in [0.3, 0.4) is 0 Å². The first kappa shape index (κ1) is 16.5. The first-order chi connectivity index (χ1) is 11.6. The van der Waals surface area contributed by atoms with Crippen molar-refractivity contribution in [2.24, 2.45) is 4.99 Å². The van der Waals surface area contributed by atoms with E-state index in [0.717, 1.165) is 24.4 Å². The van der Waals surface area contributed by atoms with E-state index in [4.69, 9.17) is 0 Å². The van der Waals surface area contributed by atoms with Gasteiger partial charge < -0.3 is 15.3 Å². The number of hydrogen-bond acceptors (Lipinski definition) is 2. The third-order valence-electron chi connectivity index (χ3n) is 4.54. The maximum absolute atomic E-state index is 11.0. The molecule has 0 heterocycles. The van der Waals surface area contributed by atoms with Crippen LogP contribution >= 0.6 is 0 Å². The zero-order valence-corrected chi connectivity index (χ0v) is 14.4. The van der Waals surface area contributed by atoms with E-state index in [-0.39, 0.29) is 0 Å². The lowest BCUT2D eigenvalue weighted by Gasteiger charge is -2.27. The number of fused-ring (bicyclic) bond motifs is 1. The average molecular weight is 323 g/mol. The van der Waals surface area contributed by atoms with Gasteiger partial charge in [-0.3, -0.25) is 0 Å². The molecule has 24 heavy (non-hydrogen) atoms.